The van der Waals surface area contributed by atoms with E-state index in [9.17, 15) is 4.79 Å². The highest BCUT2D eigenvalue weighted by molar-refractivity contribution is 7.13. The highest BCUT2D eigenvalue weighted by Crippen LogP contribution is 2.38. The molecule has 0 unspecified atom stereocenters. The predicted molar refractivity (Wildman–Crippen MR) is 78.1 cm³/mol. The number of carbonyl (C=O) groups is 1. The predicted octanol–water partition coefficient (Wildman–Crippen LogP) is 2.45. The third-order valence-corrected chi connectivity index (χ3v) is 5.50. The SMILES string of the molecule is O=C(c1cnc(C2OCCO2)s1)N1CC[C@@H](CC2CC2)C1. The van der Waals surface area contributed by atoms with Gasteiger partial charge in [0.2, 0.25) is 6.29 Å². The Morgan fingerprint density at radius 1 is 1.29 bits per heavy atom. The molecular formula is C15H20N2O3S. The molecule has 1 aromatic rings. The van der Waals surface area contributed by atoms with Crippen LogP contribution in [-0.4, -0.2) is 42.1 Å². The van der Waals surface area contributed by atoms with E-state index in [4.69, 9.17) is 9.47 Å². The van der Waals surface area contributed by atoms with Crippen molar-refractivity contribution in [1.82, 2.24) is 9.88 Å². The van der Waals surface area contributed by atoms with Gasteiger partial charge in [-0.2, -0.15) is 0 Å². The van der Waals surface area contributed by atoms with E-state index >= 15 is 0 Å². The maximum atomic E-state index is 12.5. The van der Waals surface area contributed by atoms with Crippen LogP contribution in [0.15, 0.2) is 6.20 Å². The first-order valence-corrected chi connectivity index (χ1v) is 8.59. The molecule has 1 aromatic heterocycles. The number of ether oxygens (including phenoxy) is 2. The lowest BCUT2D eigenvalue weighted by Crippen LogP contribution is -2.28. The molecule has 4 rings (SSSR count). The molecule has 0 N–H and O–H groups in total. The van der Waals surface area contributed by atoms with E-state index < -0.39 is 0 Å². The summed E-state index contributed by atoms with van der Waals surface area (Å²) < 4.78 is 10.9. The fourth-order valence-electron chi connectivity index (χ4n) is 3.19. The molecule has 1 atom stereocenters. The zero-order valence-corrected chi connectivity index (χ0v) is 12.8. The summed E-state index contributed by atoms with van der Waals surface area (Å²) in [6.45, 7) is 3.00. The summed E-state index contributed by atoms with van der Waals surface area (Å²) in [7, 11) is 0. The fraction of sp³-hybridized carbons (Fsp3) is 0.733. The van der Waals surface area contributed by atoms with Crippen LogP contribution < -0.4 is 0 Å². The first-order valence-electron chi connectivity index (χ1n) is 7.78. The van der Waals surface area contributed by atoms with Crippen LogP contribution in [0.5, 0.6) is 0 Å². The summed E-state index contributed by atoms with van der Waals surface area (Å²) in [4.78, 5) is 19.5. The number of likely N-dealkylation sites (tertiary alicyclic amines) is 1. The van der Waals surface area contributed by atoms with E-state index in [-0.39, 0.29) is 12.2 Å². The van der Waals surface area contributed by atoms with Gasteiger partial charge in [-0.15, -0.1) is 11.3 Å². The van der Waals surface area contributed by atoms with Crippen molar-refractivity contribution in [3.63, 3.8) is 0 Å². The highest BCUT2D eigenvalue weighted by Gasteiger charge is 2.33. The van der Waals surface area contributed by atoms with Crippen LogP contribution in [0.1, 0.15) is 46.7 Å². The Hall–Kier alpha value is -0.980. The summed E-state index contributed by atoms with van der Waals surface area (Å²) in [5, 5.41) is 0.754. The average Bonchev–Trinajstić information content (AvgIpc) is 2.98. The lowest BCUT2D eigenvalue weighted by molar-refractivity contribution is -0.0442. The zero-order valence-electron chi connectivity index (χ0n) is 12.0. The van der Waals surface area contributed by atoms with Crippen molar-refractivity contribution in [2.24, 2.45) is 11.8 Å². The molecule has 3 heterocycles. The molecule has 2 aliphatic heterocycles. The molecule has 3 aliphatic rings. The van der Waals surface area contributed by atoms with Gasteiger partial charge in [0.05, 0.1) is 19.4 Å². The van der Waals surface area contributed by atoms with Gasteiger partial charge in [-0.3, -0.25) is 4.79 Å². The van der Waals surface area contributed by atoms with Crippen molar-refractivity contribution < 1.29 is 14.3 Å². The van der Waals surface area contributed by atoms with Gasteiger partial charge in [-0.25, -0.2) is 4.98 Å². The third-order valence-electron chi connectivity index (χ3n) is 4.49. The number of hydrogen-bond acceptors (Lipinski definition) is 5. The molecule has 3 fully saturated rings. The van der Waals surface area contributed by atoms with E-state index in [2.05, 4.69) is 4.98 Å². The normalized spacial score (nSPS) is 26.7. The van der Waals surface area contributed by atoms with Crippen LogP contribution in [0, 0.1) is 11.8 Å². The summed E-state index contributed by atoms with van der Waals surface area (Å²) >= 11 is 1.40. The second kappa shape index (κ2) is 5.66. The van der Waals surface area contributed by atoms with Gasteiger partial charge in [0.1, 0.15) is 9.88 Å². The zero-order chi connectivity index (χ0) is 14.2. The van der Waals surface area contributed by atoms with Crippen LogP contribution in [0.3, 0.4) is 0 Å². The van der Waals surface area contributed by atoms with Crippen LogP contribution in [0.25, 0.3) is 0 Å². The standard InChI is InChI=1S/C15H20N2O3S/c18-14(17-4-3-11(9-17)7-10-1-2-10)12-8-16-13(21-12)15-19-5-6-20-15/h8,10-11,15H,1-7,9H2/t11-/m0/s1. The molecule has 6 heteroatoms. The number of amides is 1. The molecule has 0 spiro atoms. The van der Waals surface area contributed by atoms with Crippen molar-refractivity contribution in [3.05, 3.63) is 16.1 Å². The number of thiazole rings is 1. The van der Waals surface area contributed by atoms with Crippen molar-refractivity contribution in [3.8, 4) is 0 Å². The van der Waals surface area contributed by atoms with Gasteiger partial charge in [-0.1, -0.05) is 12.8 Å². The Morgan fingerprint density at radius 2 is 2.10 bits per heavy atom. The van der Waals surface area contributed by atoms with Gasteiger partial charge < -0.3 is 14.4 Å². The fourth-order valence-corrected chi connectivity index (χ4v) is 4.07. The van der Waals surface area contributed by atoms with Crippen LogP contribution >= 0.6 is 11.3 Å². The lowest BCUT2D eigenvalue weighted by Gasteiger charge is -2.15. The van der Waals surface area contributed by atoms with E-state index in [1.807, 2.05) is 4.90 Å². The first kappa shape index (κ1) is 13.7. The molecule has 1 amide bonds. The van der Waals surface area contributed by atoms with E-state index in [0.29, 0.717) is 24.0 Å². The Bertz CT molecular complexity index is 523. The van der Waals surface area contributed by atoms with Gasteiger partial charge >= 0.3 is 0 Å². The molecule has 5 nitrogen and oxygen atoms in total. The molecule has 1 aliphatic carbocycles. The second-order valence-electron chi connectivity index (χ2n) is 6.22. The lowest BCUT2D eigenvalue weighted by atomic mass is 10.0. The van der Waals surface area contributed by atoms with Crippen LogP contribution in [0.2, 0.25) is 0 Å². The largest absolute Gasteiger partial charge is 0.344 e. The minimum absolute atomic E-state index is 0.120. The molecule has 2 saturated heterocycles. The van der Waals surface area contributed by atoms with E-state index in [0.717, 1.165) is 30.4 Å². The first-order chi connectivity index (χ1) is 10.3. The van der Waals surface area contributed by atoms with Crippen molar-refractivity contribution in [2.75, 3.05) is 26.3 Å². The van der Waals surface area contributed by atoms with Gasteiger partial charge in [-0.05, 0) is 24.7 Å². The quantitative estimate of drug-likeness (QED) is 0.857. The van der Waals surface area contributed by atoms with Crippen molar-refractivity contribution in [2.45, 2.75) is 32.0 Å². The summed E-state index contributed by atoms with van der Waals surface area (Å²) in [6.07, 6.45) is 6.54. The van der Waals surface area contributed by atoms with E-state index in [1.165, 1.54) is 30.6 Å². The number of hydrogen-bond donors (Lipinski definition) is 0. The molecular weight excluding hydrogens is 288 g/mol. The number of carbonyl (C=O) groups excluding carboxylic acids is 1. The third kappa shape index (κ3) is 2.98. The molecule has 0 aromatic carbocycles. The second-order valence-corrected chi connectivity index (χ2v) is 7.28. The summed E-state index contributed by atoms with van der Waals surface area (Å²) in [5.74, 6) is 1.77. The Morgan fingerprint density at radius 3 is 2.86 bits per heavy atom. The number of aromatic nitrogens is 1. The van der Waals surface area contributed by atoms with Gasteiger partial charge in [0, 0.05) is 13.1 Å². The number of nitrogens with zero attached hydrogens (tertiary/aromatic N) is 2. The Balaban J connectivity index is 1.38. The van der Waals surface area contributed by atoms with Crippen LogP contribution in [0.4, 0.5) is 0 Å². The smallest absolute Gasteiger partial charge is 0.265 e. The van der Waals surface area contributed by atoms with Crippen molar-refractivity contribution >= 4 is 17.2 Å². The maximum Gasteiger partial charge on any atom is 0.265 e. The summed E-state index contributed by atoms with van der Waals surface area (Å²) in [6, 6.07) is 0. The maximum absolute atomic E-state index is 12.5. The van der Waals surface area contributed by atoms with Crippen LogP contribution in [-0.2, 0) is 9.47 Å². The average molecular weight is 308 g/mol. The van der Waals surface area contributed by atoms with Gasteiger partial charge in [0.15, 0.2) is 0 Å². The highest BCUT2D eigenvalue weighted by atomic mass is 32.1. The Kier molecular flexibility index (Phi) is 3.69. The monoisotopic (exact) mass is 308 g/mol. The molecule has 0 bridgehead atoms. The molecule has 0 radical (unpaired) electrons. The molecule has 114 valence electrons. The minimum atomic E-state index is -0.377. The molecule has 1 saturated carbocycles. The topological polar surface area (TPSA) is 51.7 Å². The van der Waals surface area contributed by atoms with E-state index in [1.54, 1.807) is 6.20 Å². The van der Waals surface area contributed by atoms with Crippen molar-refractivity contribution in [1.29, 1.82) is 0 Å². The Labute approximate surface area is 128 Å². The number of rotatable bonds is 4. The minimum Gasteiger partial charge on any atom is -0.344 e. The summed E-state index contributed by atoms with van der Waals surface area (Å²) in [5.41, 5.74) is 0. The molecule has 21 heavy (non-hydrogen) atoms. The van der Waals surface area contributed by atoms with Gasteiger partial charge in [0.25, 0.3) is 5.91 Å².